The molecule has 0 unspecified atom stereocenters. The lowest BCUT2D eigenvalue weighted by molar-refractivity contribution is -0.386. The fraction of sp³-hybridized carbons (Fsp3) is 0.0714. The molecule has 0 aliphatic heterocycles. The average molecular weight is 354 g/mol. The van der Waals surface area contributed by atoms with Crippen molar-refractivity contribution < 1.29 is 18.8 Å². The number of ether oxygens (including phenoxy) is 1. The van der Waals surface area contributed by atoms with Gasteiger partial charge < -0.3 is 4.74 Å². The van der Waals surface area contributed by atoms with E-state index in [4.69, 9.17) is 4.74 Å². The van der Waals surface area contributed by atoms with Crippen molar-refractivity contribution in [3.05, 3.63) is 68.4 Å². The normalized spacial score (nSPS) is 10.2. The number of halogens is 2. The Morgan fingerprint density at radius 3 is 2.62 bits per heavy atom. The second kappa shape index (κ2) is 6.45. The van der Waals surface area contributed by atoms with Crippen LogP contribution in [0.15, 0.2) is 46.9 Å². The Balaban J connectivity index is 2.19. The number of nitrogens with zero attached hydrogens (tertiary/aromatic N) is 1. The van der Waals surface area contributed by atoms with Gasteiger partial charge in [0, 0.05) is 16.1 Å². The second-order valence-corrected chi connectivity index (χ2v) is 4.89. The molecule has 0 aliphatic carbocycles. The Morgan fingerprint density at radius 1 is 1.24 bits per heavy atom. The molecule has 0 N–H and O–H groups in total. The summed E-state index contributed by atoms with van der Waals surface area (Å²) in [5.41, 5.74) is -0.161. The van der Waals surface area contributed by atoms with Crippen molar-refractivity contribution in [3.8, 4) is 5.75 Å². The molecule has 0 fully saturated rings. The van der Waals surface area contributed by atoms with Crippen molar-refractivity contribution in [2.24, 2.45) is 0 Å². The number of Topliss-reactive ketones (excluding diaryl/α,β-unsaturated/α-hetero) is 1. The van der Waals surface area contributed by atoms with E-state index in [1.165, 1.54) is 6.07 Å². The molecule has 0 radical (unpaired) electrons. The lowest BCUT2D eigenvalue weighted by atomic mass is 10.1. The molecule has 5 nitrogen and oxygen atoms in total. The van der Waals surface area contributed by atoms with Crippen LogP contribution in [0.5, 0.6) is 5.75 Å². The van der Waals surface area contributed by atoms with Gasteiger partial charge in [-0.3, -0.25) is 14.9 Å². The van der Waals surface area contributed by atoms with Crippen LogP contribution in [0.3, 0.4) is 0 Å². The number of carbonyl (C=O) groups is 1. The predicted molar refractivity (Wildman–Crippen MR) is 77.0 cm³/mol. The van der Waals surface area contributed by atoms with Crippen molar-refractivity contribution in [2.45, 2.75) is 0 Å². The molecular weight excluding hydrogens is 345 g/mol. The van der Waals surface area contributed by atoms with Gasteiger partial charge in [0.15, 0.2) is 12.4 Å². The largest absolute Gasteiger partial charge is 0.476 e. The zero-order valence-corrected chi connectivity index (χ0v) is 12.2. The van der Waals surface area contributed by atoms with Crippen molar-refractivity contribution in [1.29, 1.82) is 0 Å². The highest BCUT2D eigenvalue weighted by Crippen LogP contribution is 2.29. The number of nitro benzene ring substituents is 1. The standard InChI is InChI=1S/C14H9BrFNO4/c15-10-5-2-1-4-9(10)13(18)8-21-14-11(16)6-3-7-12(14)17(19)20/h1-7H,8H2. The molecule has 0 aromatic heterocycles. The number of benzene rings is 2. The molecule has 0 atom stereocenters. The van der Waals surface area contributed by atoms with Gasteiger partial charge in [0.2, 0.25) is 11.5 Å². The zero-order valence-electron chi connectivity index (χ0n) is 10.6. The molecule has 2 aromatic rings. The van der Waals surface area contributed by atoms with Crippen LogP contribution < -0.4 is 4.74 Å². The first kappa shape index (κ1) is 15.1. The van der Waals surface area contributed by atoms with E-state index in [2.05, 4.69) is 15.9 Å². The molecule has 0 saturated carbocycles. The number of hydrogen-bond acceptors (Lipinski definition) is 4. The lowest BCUT2D eigenvalue weighted by Crippen LogP contribution is -2.13. The maximum absolute atomic E-state index is 13.6. The minimum Gasteiger partial charge on any atom is -0.476 e. The summed E-state index contributed by atoms with van der Waals surface area (Å²) in [4.78, 5) is 22.0. The van der Waals surface area contributed by atoms with Crippen LogP contribution in [-0.2, 0) is 0 Å². The molecule has 2 rings (SSSR count). The third-order valence-corrected chi connectivity index (χ3v) is 3.36. The van der Waals surface area contributed by atoms with E-state index in [-0.39, 0.29) is 0 Å². The molecule has 21 heavy (non-hydrogen) atoms. The van der Waals surface area contributed by atoms with E-state index in [0.29, 0.717) is 10.0 Å². The highest BCUT2D eigenvalue weighted by Gasteiger charge is 2.21. The van der Waals surface area contributed by atoms with E-state index < -0.39 is 34.6 Å². The number of carbonyl (C=O) groups excluding carboxylic acids is 1. The van der Waals surface area contributed by atoms with Gasteiger partial charge in [-0.1, -0.05) is 40.2 Å². The van der Waals surface area contributed by atoms with Crippen LogP contribution in [0.2, 0.25) is 0 Å². The summed E-state index contributed by atoms with van der Waals surface area (Å²) in [7, 11) is 0. The molecule has 2 aromatic carbocycles. The van der Waals surface area contributed by atoms with Crippen LogP contribution in [-0.4, -0.2) is 17.3 Å². The number of para-hydroxylation sites is 1. The Bertz CT molecular complexity index is 705. The average Bonchev–Trinajstić information content (AvgIpc) is 2.45. The molecule has 7 heteroatoms. The minimum atomic E-state index is -0.885. The summed E-state index contributed by atoms with van der Waals surface area (Å²) in [6, 6.07) is 10.0. The third-order valence-electron chi connectivity index (χ3n) is 2.66. The van der Waals surface area contributed by atoms with Gasteiger partial charge in [0.25, 0.3) is 0 Å². The van der Waals surface area contributed by atoms with E-state index in [1.54, 1.807) is 24.3 Å². The maximum atomic E-state index is 13.6. The lowest BCUT2D eigenvalue weighted by Gasteiger charge is -2.08. The first-order chi connectivity index (χ1) is 10.0. The number of ketones is 1. The fourth-order valence-corrected chi connectivity index (χ4v) is 2.19. The van der Waals surface area contributed by atoms with Crippen LogP contribution in [0, 0.1) is 15.9 Å². The van der Waals surface area contributed by atoms with Crippen LogP contribution in [0.25, 0.3) is 0 Å². The van der Waals surface area contributed by atoms with Gasteiger partial charge in [-0.2, -0.15) is 0 Å². The Labute approximate surface area is 127 Å². The highest BCUT2D eigenvalue weighted by atomic mass is 79.9. The summed E-state index contributed by atoms with van der Waals surface area (Å²) in [5, 5.41) is 10.8. The predicted octanol–water partition coefficient (Wildman–Crippen LogP) is 3.76. The third kappa shape index (κ3) is 3.43. The monoisotopic (exact) mass is 353 g/mol. The SMILES string of the molecule is O=C(COc1c(F)cccc1[N+](=O)[O-])c1ccccc1Br. The first-order valence-electron chi connectivity index (χ1n) is 5.84. The maximum Gasteiger partial charge on any atom is 0.314 e. The molecule has 108 valence electrons. The van der Waals surface area contributed by atoms with E-state index in [9.17, 15) is 19.3 Å². The summed E-state index contributed by atoms with van der Waals surface area (Å²) >= 11 is 3.22. The van der Waals surface area contributed by atoms with Gasteiger partial charge in [0.1, 0.15) is 0 Å². The molecule has 0 saturated heterocycles. The Kier molecular flexibility index (Phi) is 4.64. The summed E-state index contributed by atoms with van der Waals surface area (Å²) < 4.78 is 19.2. The van der Waals surface area contributed by atoms with Crippen LogP contribution >= 0.6 is 15.9 Å². The topological polar surface area (TPSA) is 69.4 Å². The van der Waals surface area contributed by atoms with E-state index >= 15 is 0 Å². The first-order valence-corrected chi connectivity index (χ1v) is 6.63. The van der Waals surface area contributed by atoms with Crippen molar-refractivity contribution in [3.63, 3.8) is 0 Å². The van der Waals surface area contributed by atoms with E-state index in [0.717, 1.165) is 12.1 Å². The summed E-state index contributed by atoms with van der Waals surface area (Å²) in [5.74, 6) is -1.84. The van der Waals surface area contributed by atoms with Crippen molar-refractivity contribution in [2.75, 3.05) is 6.61 Å². The minimum absolute atomic E-state index is 0.358. The molecule has 0 heterocycles. The van der Waals surface area contributed by atoms with Gasteiger partial charge in [0.05, 0.1) is 4.92 Å². The molecule has 0 aliphatic rings. The van der Waals surface area contributed by atoms with Gasteiger partial charge in [-0.05, 0) is 12.1 Å². The van der Waals surface area contributed by atoms with Crippen LogP contribution in [0.1, 0.15) is 10.4 Å². The molecular formula is C14H9BrFNO4. The Morgan fingerprint density at radius 2 is 1.95 bits per heavy atom. The molecule has 0 amide bonds. The van der Waals surface area contributed by atoms with Gasteiger partial charge in [-0.15, -0.1) is 0 Å². The molecule has 0 spiro atoms. The quantitative estimate of drug-likeness (QED) is 0.466. The van der Waals surface area contributed by atoms with Crippen molar-refractivity contribution in [1.82, 2.24) is 0 Å². The van der Waals surface area contributed by atoms with E-state index in [1.807, 2.05) is 0 Å². The number of nitro groups is 1. The zero-order chi connectivity index (χ0) is 15.4. The smallest absolute Gasteiger partial charge is 0.314 e. The fourth-order valence-electron chi connectivity index (χ4n) is 1.69. The number of rotatable bonds is 5. The highest BCUT2D eigenvalue weighted by molar-refractivity contribution is 9.10. The van der Waals surface area contributed by atoms with Crippen molar-refractivity contribution >= 4 is 27.4 Å². The Hall–Kier alpha value is -2.28. The van der Waals surface area contributed by atoms with Gasteiger partial charge in [-0.25, -0.2) is 4.39 Å². The van der Waals surface area contributed by atoms with Gasteiger partial charge >= 0.3 is 5.69 Å². The number of hydrogen-bond donors (Lipinski definition) is 0. The summed E-state index contributed by atoms with van der Waals surface area (Å²) in [6.07, 6.45) is 0. The molecule has 0 bridgehead atoms. The van der Waals surface area contributed by atoms with Crippen LogP contribution in [0.4, 0.5) is 10.1 Å². The summed E-state index contributed by atoms with van der Waals surface area (Å²) in [6.45, 7) is -0.496. The second-order valence-electron chi connectivity index (χ2n) is 4.04.